The first-order valence-electron chi connectivity index (χ1n) is 2.44. The van der Waals surface area contributed by atoms with Crippen LogP contribution in [-0.2, 0) is 0 Å². The first-order valence-corrected chi connectivity index (χ1v) is 2.44. The Labute approximate surface area is 48.0 Å². The molecule has 0 aliphatic carbocycles. The maximum atomic E-state index is 10.0. The molecule has 0 saturated carbocycles. The van der Waals surface area contributed by atoms with Gasteiger partial charge in [0.2, 0.25) is 0 Å². The van der Waals surface area contributed by atoms with Crippen LogP contribution in [-0.4, -0.2) is 6.29 Å². The van der Waals surface area contributed by atoms with Crippen molar-refractivity contribution in [3.63, 3.8) is 0 Å². The predicted molar refractivity (Wildman–Crippen MR) is 31.8 cm³/mol. The molecule has 0 radical (unpaired) electrons. The predicted octanol–water partition coefficient (Wildman–Crippen LogP) is 1.50. The third-order valence-electron chi connectivity index (χ3n) is 0.936. The topological polar surface area (TPSA) is 17.1 Å². The van der Waals surface area contributed by atoms with E-state index in [2.05, 4.69) is 0 Å². The molecule has 0 atom stereocenters. The monoisotopic (exact) mass is 107 g/mol. The lowest BCUT2D eigenvalue weighted by Crippen LogP contribution is -1.73. The molecule has 0 N–H and O–H groups in total. The molecule has 8 heavy (non-hydrogen) atoms. The first-order chi connectivity index (χ1) is 3.93. The molecule has 0 spiro atoms. The Bertz CT molecular complexity index is 167. The molecule has 1 aromatic carbocycles. The largest absolute Gasteiger partial charge is 0.298 e. The number of aldehydes is 1. The van der Waals surface area contributed by atoms with E-state index in [9.17, 15) is 4.79 Å². The van der Waals surface area contributed by atoms with Crippen LogP contribution in [0.1, 0.15) is 10.4 Å². The van der Waals surface area contributed by atoms with Gasteiger partial charge in [0.05, 0.1) is 0 Å². The van der Waals surface area contributed by atoms with Gasteiger partial charge in [0.25, 0.3) is 0 Å². The van der Waals surface area contributed by atoms with E-state index < -0.39 is 0 Å². The van der Waals surface area contributed by atoms with Gasteiger partial charge in [0, 0.05) is 5.56 Å². The van der Waals surface area contributed by atoms with E-state index in [1.807, 2.05) is 18.2 Å². The summed E-state index contributed by atoms with van der Waals surface area (Å²) < 4.78 is 0. The second-order valence-corrected chi connectivity index (χ2v) is 1.53. The number of hydrogen-bond donors (Lipinski definition) is 0. The fourth-order valence-corrected chi connectivity index (χ4v) is 0.532. The van der Waals surface area contributed by atoms with Crippen LogP contribution in [0.5, 0.6) is 0 Å². The molecule has 1 nitrogen and oxygen atoms in total. The van der Waals surface area contributed by atoms with E-state index in [0.717, 1.165) is 11.8 Å². The Balaban J connectivity index is 2.99. The number of benzene rings is 1. The molecular formula is C7H6O. The van der Waals surface area contributed by atoms with E-state index in [0.29, 0.717) is 0 Å². The van der Waals surface area contributed by atoms with Crippen molar-refractivity contribution < 1.29 is 4.79 Å². The number of rotatable bonds is 1. The third-order valence-corrected chi connectivity index (χ3v) is 0.936. The van der Waals surface area contributed by atoms with Gasteiger partial charge in [-0.05, 0) is 0 Å². The van der Waals surface area contributed by atoms with Crippen LogP contribution in [0.15, 0.2) is 30.3 Å². The summed E-state index contributed by atoms with van der Waals surface area (Å²) in [5, 5.41) is 0. The minimum atomic E-state index is 0.729. The lowest BCUT2D eigenvalue weighted by molar-refractivity contribution is 0.112. The van der Waals surface area contributed by atoms with Crippen molar-refractivity contribution in [1.29, 1.82) is 0 Å². The highest BCUT2D eigenvalue weighted by atomic mass is 17.1. The molecule has 0 heterocycles. The standard InChI is InChI=1S/C7H6O/c8-6-7-4-2-1-3-5-7/h1-6H/i8+1. The second kappa shape index (κ2) is 2.26. The summed E-state index contributed by atoms with van der Waals surface area (Å²) in [6, 6.07) is 9.10. The van der Waals surface area contributed by atoms with E-state index in [1.165, 1.54) is 0 Å². The Morgan fingerprint density at radius 1 is 1.12 bits per heavy atom. The van der Waals surface area contributed by atoms with Crippen LogP contribution < -0.4 is 0 Å². The van der Waals surface area contributed by atoms with Gasteiger partial charge >= 0.3 is 0 Å². The van der Waals surface area contributed by atoms with Crippen LogP contribution in [0.4, 0.5) is 0 Å². The normalized spacial score (nSPS) is 8.50. The summed E-state index contributed by atoms with van der Waals surface area (Å²) >= 11 is 0. The highest BCUT2D eigenvalue weighted by Crippen LogP contribution is 1.91. The Morgan fingerprint density at radius 2 is 1.75 bits per heavy atom. The zero-order valence-corrected chi connectivity index (χ0v) is 4.37. The molecule has 1 aromatic rings. The fourth-order valence-electron chi connectivity index (χ4n) is 0.532. The maximum absolute atomic E-state index is 10.0. The van der Waals surface area contributed by atoms with Gasteiger partial charge in [-0.3, -0.25) is 4.79 Å². The Hall–Kier alpha value is -1.11. The average molecular weight is 107 g/mol. The summed E-state index contributed by atoms with van der Waals surface area (Å²) in [5.74, 6) is 0. The lowest BCUT2D eigenvalue weighted by Gasteiger charge is -1.81. The fraction of sp³-hybridized carbons (Fsp3) is 0. The summed E-state index contributed by atoms with van der Waals surface area (Å²) in [6.07, 6.45) is 0.833. The minimum absolute atomic E-state index is 0.729. The molecule has 40 valence electrons. The summed E-state index contributed by atoms with van der Waals surface area (Å²) in [6.45, 7) is 0. The van der Waals surface area contributed by atoms with Gasteiger partial charge in [-0.15, -0.1) is 0 Å². The van der Waals surface area contributed by atoms with Gasteiger partial charge in [-0.25, -0.2) is 0 Å². The van der Waals surface area contributed by atoms with E-state index in [-0.39, 0.29) is 0 Å². The Kier molecular flexibility index (Phi) is 1.42. The van der Waals surface area contributed by atoms with Crippen LogP contribution in [0.3, 0.4) is 0 Å². The molecule has 0 aliphatic rings. The van der Waals surface area contributed by atoms with E-state index in [1.54, 1.807) is 12.1 Å². The van der Waals surface area contributed by atoms with Crippen LogP contribution >= 0.6 is 0 Å². The summed E-state index contributed by atoms with van der Waals surface area (Å²) in [7, 11) is 0. The summed E-state index contributed by atoms with van der Waals surface area (Å²) in [4.78, 5) is 10.0. The van der Waals surface area contributed by atoms with Crippen molar-refractivity contribution in [1.82, 2.24) is 0 Å². The van der Waals surface area contributed by atoms with Crippen molar-refractivity contribution in [2.75, 3.05) is 0 Å². The first kappa shape index (κ1) is 5.04. The summed E-state index contributed by atoms with van der Waals surface area (Å²) in [5.41, 5.74) is 0.729. The van der Waals surface area contributed by atoms with E-state index >= 15 is 0 Å². The SMILES string of the molecule is [17O]=Cc1ccccc1. The molecule has 0 amide bonds. The zero-order chi connectivity index (χ0) is 5.82. The van der Waals surface area contributed by atoms with Crippen molar-refractivity contribution >= 4 is 6.29 Å². The molecular weight excluding hydrogens is 101 g/mol. The lowest BCUT2D eigenvalue weighted by atomic mass is 10.2. The van der Waals surface area contributed by atoms with Gasteiger partial charge in [0.15, 0.2) is 0 Å². The highest BCUT2D eigenvalue weighted by molar-refractivity contribution is 5.74. The minimum Gasteiger partial charge on any atom is -0.298 e. The number of carbonyl (C=O) groups excluding carboxylic acids is 1. The molecule has 1 rings (SSSR count). The highest BCUT2D eigenvalue weighted by Gasteiger charge is 1.79. The van der Waals surface area contributed by atoms with Crippen molar-refractivity contribution in [2.24, 2.45) is 0 Å². The molecule has 0 bridgehead atoms. The molecule has 1 heteroatoms. The Morgan fingerprint density at radius 3 is 2.12 bits per heavy atom. The van der Waals surface area contributed by atoms with Gasteiger partial charge < -0.3 is 0 Å². The molecule has 0 aliphatic heterocycles. The second-order valence-electron chi connectivity index (χ2n) is 1.53. The molecule has 0 aromatic heterocycles. The average Bonchev–Trinajstić information content (AvgIpc) is 1.90. The van der Waals surface area contributed by atoms with E-state index in [4.69, 9.17) is 0 Å². The molecule has 0 saturated heterocycles. The molecule has 0 fully saturated rings. The zero-order valence-electron chi connectivity index (χ0n) is 4.37. The van der Waals surface area contributed by atoms with Crippen molar-refractivity contribution in [3.8, 4) is 0 Å². The van der Waals surface area contributed by atoms with Crippen LogP contribution in [0, 0.1) is 0 Å². The number of carbonyl (C=O) groups is 1. The van der Waals surface area contributed by atoms with Crippen LogP contribution in [0.2, 0.25) is 0 Å². The maximum Gasteiger partial charge on any atom is 0.150 e. The molecule has 0 unspecified atom stereocenters. The van der Waals surface area contributed by atoms with Crippen molar-refractivity contribution in [2.45, 2.75) is 0 Å². The van der Waals surface area contributed by atoms with Crippen molar-refractivity contribution in [3.05, 3.63) is 35.9 Å². The number of hydrogen-bond acceptors (Lipinski definition) is 1. The van der Waals surface area contributed by atoms with Crippen LogP contribution in [0.25, 0.3) is 0 Å². The van der Waals surface area contributed by atoms with Gasteiger partial charge in [0.1, 0.15) is 6.29 Å². The van der Waals surface area contributed by atoms with Gasteiger partial charge in [-0.1, -0.05) is 30.3 Å². The third kappa shape index (κ3) is 0.936. The van der Waals surface area contributed by atoms with Gasteiger partial charge in [-0.2, -0.15) is 0 Å². The smallest absolute Gasteiger partial charge is 0.150 e. The quantitative estimate of drug-likeness (QED) is 0.497.